The Kier molecular flexibility index (Phi) is 7.88. The SMILES string of the molecule is CN(C1CCNC1)[C@H](CN1C=C(O)CC1)c1ccccc1.NC(=O)c1ccccc1. The molecule has 2 aromatic carbocycles. The molecule has 1 saturated heterocycles. The summed E-state index contributed by atoms with van der Waals surface area (Å²) >= 11 is 0. The van der Waals surface area contributed by atoms with Crippen molar-refractivity contribution in [3.05, 3.63) is 83.7 Å². The van der Waals surface area contributed by atoms with Crippen LogP contribution in [-0.2, 0) is 0 Å². The van der Waals surface area contributed by atoms with E-state index < -0.39 is 0 Å². The Morgan fingerprint density at radius 1 is 1.20 bits per heavy atom. The molecule has 4 N–H and O–H groups in total. The van der Waals surface area contributed by atoms with Gasteiger partial charge in [-0.05, 0) is 37.7 Å². The van der Waals surface area contributed by atoms with Crippen LogP contribution in [-0.4, -0.2) is 60.1 Å². The van der Waals surface area contributed by atoms with Gasteiger partial charge in [0.05, 0.1) is 6.04 Å². The maximum Gasteiger partial charge on any atom is 0.248 e. The molecule has 6 nitrogen and oxygen atoms in total. The number of likely N-dealkylation sites (N-methyl/N-ethyl adjacent to an activating group) is 1. The number of nitrogens with two attached hydrogens (primary N) is 1. The molecule has 1 fully saturated rings. The number of nitrogens with one attached hydrogen (secondary N) is 1. The summed E-state index contributed by atoms with van der Waals surface area (Å²) < 4.78 is 0. The van der Waals surface area contributed by atoms with Crippen LogP contribution < -0.4 is 11.1 Å². The van der Waals surface area contributed by atoms with Gasteiger partial charge in [0.1, 0.15) is 5.76 Å². The number of nitrogens with zero attached hydrogens (tertiary/aromatic N) is 2. The highest BCUT2D eigenvalue weighted by molar-refractivity contribution is 5.92. The van der Waals surface area contributed by atoms with Gasteiger partial charge in [-0.3, -0.25) is 9.69 Å². The molecule has 2 heterocycles. The van der Waals surface area contributed by atoms with Crippen molar-refractivity contribution < 1.29 is 9.90 Å². The number of benzene rings is 2. The first-order chi connectivity index (χ1) is 14.5. The summed E-state index contributed by atoms with van der Waals surface area (Å²) in [6.07, 6.45) is 3.88. The summed E-state index contributed by atoms with van der Waals surface area (Å²) in [5.41, 5.74) is 6.88. The van der Waals surface area contributed by atoms with Crippen molar-refractivity contribution >= 4 is 5.91 Å². The summed E-state index contributed by atoms with van der Waals surface area (Å²) in [5, 5.41) is 13.1. The molecule has 30 heavy (non-hydrogen) atoms. The average Bonchev–Trinajstić information content (AvgIpc) is 3.45. The number of carbonyl (C=O) groups excluding carboxylic acids is 1. The number of hydrogen-bond acceptors (Lipinski definition) is 5. The van der Waals surface area contributed by atoms with E-state index in [1.807, 2.05) is 12.3 Å². The first kappa shape index (κ1) is 21.9. The number of carbonyl (C=O) groups is 1. The van der Waals surface area contributed by atoms with Gasteiger partial charge in [0, 0.05) is 43.9 Å². The number of rotatable bonds is 6. The summed E-state index contributed by atoms with van der Waals surface area (Å²) in [7, 11) is 2.23. The lowest BCUT2D eigenvalue weighted by atomic mass is 10.0. The van der Waals surface area contributed by atoms with Crippen LogP contribution in [0.15, 0.2) is 72.6 Å². The Hall–Kier alpha value is -2.83. The minimum Gasteiger partial charge on any atom is -0.511 e. The van der Waals surface area contributed by atoms with Crippen molar-refractivity contribution in [1.29, 1.82) is 0 Å². The zero-order chi connectivity index (χ0) is 21.3. The summed E-state index contributed by atoms with van der Waals surface area (Å²) in [5.74, 6) is 0.127. The van der Waals surface area contributed by atoms with E-state index in [-0.39, 0.29) is 5.91 Å². The van der Waals surface area contributed by atoms with Crippen molar-refractivity contribution in [2.75, 3.05) is 33.2 Å². The lowest BCUT2D eigenvalue weighted by molar-refractivity contribution is 0.100. The Labute approximate surface area is 179 Å². The van der Waals surface area contributed by atoms with E-state index in [1.54, 1.807) is 24.3 Å². The number of primary amides is 1. The summed E-state index contributed by atoms with van der Waals surface area (Å²) in [6, 6.07) is 20.4. The lowest BCUT2D eigenvalue weighted by Crippen LogP contribution is -2.41. The number of amides is 1. The van der Waals surface area contributed by atoms with Crippen LogP contribution in [0.1, 0.15) is 34.8 Å². The van der Waals surface area contributed by atoms with E-state index in [9.17, 15) is 9.90 Å². The first-order valence-electron chi connectivity index (χ1n) is 10.5. The zero-order valence-electron chi connectivity index (χ0n) is 17.6. The monoisotopic (exact) mass is 408 g/mol. The van der Waals surface area contributed by atoms with Crippen molar-refractivity contribution in [2.45, 2.75) is 24.9 Å². The van der Waals surface area contributed by atoms with Crippen LogP contribution in [0.4, 0.5) is 0 Å². The molecule has 2 aromatic rings. The Bertz CT molecular complexity index is 820. The molecule has 2 aliphatic rings. The standard InChI is InChI=1S/C17H25N3O.C7H7NO/c1-19(15-7-9-18-11-15)17(14-5-3-2-4-6-14)13-20-10-8-16(21)12-20;8-7(9)6-4-2-1-3-5-6/h2-6,12,15,17-18,21H,7-11,13H2,1H3;1-5H,(H2,8,9)/t15?,17-;/m1./s1. The van der Waals surface area contributed by atoms with E-state index >= 15 is 0 Å². The average molecular weight is 409 g/mol. The third-order valence-corrected chi connectivity index (χ3v) is 5.74. The van der Waals surface area contributed by atoms with Crippen molar-refractivity contribution in [3.8, 4) is 0 Å². The van der Waals surface area contributed by atoms with E-state index in [4.69, 9.17) is 5.73 Å². The van der Waals surface area contributed by atoms with E-state index in [0.717, 1.165) is 32.6 Å². The van der Waals surface area contributed by atoms with Gasteiger partial charge >= 0.3 is 0 Å². The third kappa shape index (κ3) is 6.08. The minimum atomic E-state index is -0.379. The molecule has 0 radical (unpaired) electrons. The van der Waals surface area contributed by atoms with Crippen LogP contribution in [0.3, 0.4) is 0 Å². The molecule has 0 bridgehead atoms. The molecule has 0 aromatic heterocycles. The summed E-state index contributed by atoms with van der Waals surface area (Å²) in [4.78, 5) is 15.2. The van der Waals surface area contributed by atoms with Gasteiger partial charge in [0.15, 0.2) is 0 Å². The van der Waals surface area contributed by atoms with Gasteiger partial charge in [-0.2, -0.15) is 0 Å². The molecule has 1 amide bonds. The van der Waals surface area contributed by atoms with Gasteiger partial charge in [-0.15, -0.1) is 0 Å². The topological polar surface area (TPSA) is 81.8 Å². The van der Waals surface area contributed by atoms with Gasteiger partial charge in [0.2, 0.25) is 5.91 Å². The highest BCUT2D eigenvalue weighted by Crippen LogP contribution is 2.26. The molecule has 2 atom stereocenters. The number of aliphatic hydroxyl groups is 1. The highest BCUT2D eigenvalue weighted by Gasteiger charge is 2.28. The van der Waals surface area contributed by atoms with Crippen LogP contribution in [0, 0.1) is 0 Å². The van der Waals surface area contributed by atoms with Crippen LogP contribution in [0.25, 0.3) is 0 Å². The summed E-state index contributed by atoms with van der Waals surface area (Å²) in [6.45, 7) is 4.04. The fraction of sp³-hybridized carbons (Fsp3) is 0.375. The Morgan fingerprint density at radius 3 is 2.37 bits per heavy atom. The second-order valence-electron chi connectivity index (χ2n) is 7.83. The quantitative estimate of drug-likeness (QED) is 0.685. The van der Waals surface area contributed by atoms with Crippen molar-refractivity contribution in [2.24, 2.45) is 5.73 Å². The van der Waals surface area contributed by atoms with E-state index in [2.05, 4.69) is 52.5 Å². The van der Waals surface area contributed by atoms with Gasteiger partial charge < -0.3 is 21.1 Å². The molecule has 2 aliphatic heterocycles. The predicted molar refractivity (Wildman–Crippen MR) is 120 cm³/mol. The molecular formula is C24H32N4O2. The van der Waals surface area contributed by atoms with E-state index in [1.165, 1.54) is 12.0 Å². The third-order valence-electron chi connectivity index (χ3n) is 5.74. The highest BCUT2D eigenvalue weighted by atomic mass is 16.3. The molecule has 6 heteroatoms. The smallest absolute Gasteiger partial charge is 0.248 e. The van der Waals surface area contributed by atoms with Crippen LogP contribution >= 0.6 is 0 Å². The molecule has 0 saturated carbocycles. The largest absolute Gasteiger partial charge is 0.511 e. The fourth-order valence-electron chi connectivity index (χ4n) is 3.95. The Morgan fingerprint density at radius 2 is 1.87 bits per heavy atom. The molecular weight excluding hydrogens is 376 g/mol. The lowest BCUT2D eigenvalue weighted by Gasteiger charge is -2.35. The van der Waals surface area contributed by atoms with Crippen LogP contribution in [0.5, 0.6) is 0 Å². The normalized spacial score (nSPS) is 19.2. The maximum absolute atomic E-state index is 10.4. The Balaban J connectivity index is 0.000000239. The first-order valence-corrected chi connectivity index (χ1v) is 10.5. The molecule has 0 spiro atoms. The van der Waals surface area contributed by atoms with Crippen molar-refractivity contribution in [3.63, 3.8) is 0 Å². The number of aliphatic hydroxyl groups excluding tert-OH is 1. The van der Waals surface area contributed by atoms with Gasteiger partial charge in [-0.25, -0.2) is 0 Å². The van der Waals surface area contributed by atoms with Crippen LogP contribution in [0.2, 0.25) is 0 Å². The maximum atomic E-state index is 10.4. The minimum absolute atomic E-state index is 0.359. The molecule has 1 unspecified atom stereocenters. The molecule has 4 rings (SSSR count). The fourth-order valence-corrected chi connectivity index (χ4v) is 3.95. The molecule has 160 valence electrons. The zero-order valence-corrected chi connectivity index (χ0v) is 17.6. The second kappa shape index (κ2) is 10.8. The van der Waals surface area contributed by atoms with Gasteiger partial charge in [-0.1, -0.05) is 48.5 Å². The predicted octanol–water partition coefficient (Wildman–Crippen LogP) is 2.91. The second-order valence-corrected chi connectivity index (χ2v) is 7.83. The van der Waals surface area contributed by atoms with Crippen molar-refractivity contribution in [1.82, 2.24) is 15.1 Å². The van der Waals surface area contributed by atoms with E-state index in [0.29, 0.717) is 23.4 Å². The van der Waals surface area contributed by atoms with Gasteiger partial charge in [0.25, 0.3) is 0 Å². The molecule has 0 aliphatic carbocycles. The number of hydrogen-bond donors (Lipinski definition) is 3.